The number of hydrogen-bond acceptors (Lipinski definition) is 7. The van der Waals surface area contributed by atoms with Crippen molar-refractivity contribution in [1.29, 1.82) is 0 Å². The van der Waals surface area contributed by atoms with Gasteiger partial charge in [0.1, 0.15) is 5.52 Å². The summed E-state index contributed by atoms with van der Waals surface area (Å²) in [7, 11) is 4.14. The number of fused-ring (bicyclic) bond motifs is 1. The lowest BCUT2D eigenvalue weighted by atomic mass is 10.1. The molecule has 2 N–H and O–H groups in total. The quantitative estimate of drug-likeness (QED) is 0.681. The van der Waals surface area contributed by atoms with Crippen LogP contribution in [0.25, 0.3) is 22.3 Å². The van der Waals surface area contributed by atoms with Gasteiger partial charge in [0.2, 0.25) is 0 Å². The van der Waals surface area contributed by atoms with Gasteiger partial charge < -0.3 is 20.3 Å². The minimum absolute atomic E-state index is 0.122. The van der Waals surface area contributed by atoms with Crippen LogP contribution in [-0.2, 0) is 11.3 Å². The first-order valence-electron chi connectivity index (χ1n) is 9.61. The number of aromatic nitrogens is 3. The van der Waals surface area contributed by atoms with E-state index in [9.17, 15) is 0 Å². The first-order valence-corrected chi connectivity index (χ1v) is 9.61. The monoisotopic (exact) mass is 378 g/mol. The molecule has 1 atom stereocenters. The van der Waals surface area contributed by atoms with Crippen LogP contribution < -0.4 is 10.6 Å². The molecule has 0 bridgehead atoms. The van der Waals surface area contributed by atoms with E-state index < -0.39 is 0 Å². The fourth-order valence-corrected chi connectivity index (χ4v) is 3.35. The van der Waals surface area contributed by atoms with Gasteiger partial charge in [-0.2, -0.15) is 0 Å². The van der Waals surface area contributed by atoms with Crippen LogP contribution in [0.4, 0.5) is 5.82 Å². The Hall–Kier alpha value is -2.61. The molecular weight excluding hydrogens is 352 g/mol. The third-order valence-corrected chi connectivity index (χ3v) is 4.71. The zero-order chi connectivity index (χ0) is 19.3. The topological polar surface area (TPSA) is 75.2 Å². The normalized spacial score (nSPS) is 17.2. The van der Waals surface area contributed by atoms with Crippen LogP contribution in [0.1, 0.15) is 5.56 Å². The molecule has 0 spiro atoms. The van der Waals surface area contributed by atoms with Gasteiger partial charge in [-0.3, -0.25) is 4.98 Å². The van der Waals surface area contributed by atoms with Crippen molar-refractivity contribution in [3.05, 3.63) is 48.3 Å². The van der Waals surface area contributed by atoms with Gasteiger partial charge in [0, 0.05) is 44.1 Å². The van der Waals surface area contributed by atoms with Crippen molar-refractivity contribution in [1.82, 2.24) is 25.2 Å². The number of nitrogens with zero attached hydrogens (tertiary/aromatic N) is 4. The zero-order valence-corrected chi connectivity index (χ0v) is 16.4. The maximum atomic E-state index is 5.78. The Morgan fingerprint density at radius 3 is 2.75 bits per heavy atom. The molecule has 28 heavy (non-hydrogen) atoms. The average Bonchev–Trinajstić information content (AvgIpc) is 2.73. The fraction of sp³-hybridized carbons (Fsp3) is 0.381. The van der Waals surface area contributed by atoms with Crippen molar-refractivity contribution in [2.75, 3.05) is 45.7 Å². The summed E-state index contributed by atoms with van der Waals surface area (Å²) in [4.78, 5) is 16.0. The molecule has 1 aliphatic rings. The molecule has 1 aliphatic heterocycles. The third kappa shape index (κ3) is 4.44. The lowest BCUT2D eigenvalue weighted by Crippen LogP contribution is -2.42. The van der Waals surface area contributed by atoms with Crippen molar-refractivity contribution in [3.8, 4) is 11.3 Å². The van der Waals surface area contributed by atoms with E-state index in [1.165, 1.54) is 5.56 Å². The van der Waals surface area contributed by atoms with Crippen LogP contribution in [-0.4, -0.2) is 66.3 Å². The molecule has 7 heteroatoms. The molecule has 0 aliphatic carbocycles. The van der Waals surface area contributed by atoms with E-state index in [-0.39, 0.29) is 6.10 Å². The van der Waals surface area contributed by atoms with Gasteiger partial charge in [-0.1, -0.05) is 24.3 Å². The fourth-order valence-electron chi connectivity index (χ4n) is 3.35. The lowest BCUT2D eigenvalue weighted by molar-refractivity contribution is 0.0372. The first kappa shape index (κ1) is 18.7. The van der Waals surface area contributed by atoms with Crippen molar-refractivity contribution in [2.45, 2.75) is 12.6 Å². The molecule has 146 valence electrons. The number of ether oxygens (including phenoxy) is 1. The maximum Gasteiger partial charge on any atom is 0.154 e. The Kier molecular flexibility index (Phi) is 5.76. The third-order valence-electron chi connectivity index (χ3n) is 4.71. The standard InChI is InChI=1S/C21H26N6O/c1-27(2)14-15-3-5-16(6-4-15)18-11-19-20(24-8-7-23-19)21(26-18)25-13-17-12-22-9-10-28-17/h3-8,11,17,22H,9-10,12-14H2,1-2H3,(H,25,26). The highest BCUT2D eigenvalue weighted by molar-refractivity contribution is 5.88. The highest BCUT2D eigenvalue weighted by Crippen LogP contribution is 2.26. The van der Waals surface area contributed by atoms with Crippen LogP contribution in [0.15, 0.2) is 42.7 Å². The van der Waals surface area contributed by atoms with Crippen molar-refractivity contribution in [3.63, 3.8) is 0 Å². The molecule has 0 amide bonds. The molecule has 4 rings (SSSR count). The average molecular weight is 378 g/mol. The summed E-state index contributed by atoms with van der Waals surface area (Å²) in [5.74, 6) is 0.743. The van der Waals surface area contributed by atoms with Gasteiger partial charge in [0.05, 0.1) is 23.9 Å². The van der Waals surface area contributed by atoms with E-state index in [1.807, 2.05) is 6.07 Å². The van der Waals surface area contributed by atoms with E-state index in [2.05, 4.69) is 63.9 Å². The summed E-state index contributed by atoms with van der Waals surface area (Å²) in [5.41, 5.74) is 4.83. The Balaban J connectivity index is 1.61. The van der Waals surface area contributed by atoms with Gasteiger partial charge in [-0.15, -0.1) is 0 Å². The number of pyridine rings is 1. The minimum Gasteiger partial charge on any atom is -0.374 e. The first-order chi connectivity index (χ1) is 13.7. The zero-order valence-electron chi connectivity index (χ0n) is 16.4. The summed E-state index contributed by atoms with van der Waals surface area (Å²) in [6, 6.07) is 10.5. The Morgan fingerprint density at radius 1 is 1.18 bits per heavy atom. The Labute approximate surface area is 165 Å². The summed E-state index contributed by atoms with van der Waals surface area (Å²) in [5, 5.41) is 6.77. The molecule has 7 nitrogen and oxygen atoms in total. The van der Waals surface area contributed by atoms with Crippen LogP contribution in [0, 0.1) is 0 Å². The summed E-state index contributed by atoms with van der Waals surface area (Å²) in [6.45, 7) is 4.07. The molecular formula is C21H26N6O. The second kappa shape index (κ2) is 8.60. The maximum absolute atomic E-state index is 5.78. The molecule has 0 saturated carbocycles. The highest BCUT2D eigenvalue weighted by atomic mass is 16.5. The number of hydrogen-bond donors (Lipinski definition) is 2. The summed E-state index contributed by atoms with van der Waals surface area (Å²) in [6.07, 6.45) is 3.53. The number of morpholine rings is 1. The Bertz CT molecular complexity index is 922. The highest BCUT2D eigenvalue weighted by Gasteiger charge is 2.15. The van der Waals surface area contributed by atoms with Crippen molar-refractivity contribution >= 4 is 16.9 Å². The second-order valence-electron chi connectivity index (χ2n) is 7.29. The number of nitrogens with one attached hydrogen (secondary N) is 2. The second-order valence-corrected chi connectivity index (χ2v) is 7.29. The number of benzene rings is 1. The smallest absolute Gasteiger partial charge is 0.154 e. The molecule has 1 unspecified atom stereocenters. The van der Waals surface area contributed by atoms with Gasteiger partial charge in [-0.05, 0) is 25.7 Å². The van der Waals surface area contributed by atoms with E-state index in [0.717, 1.165) is 54.3 Å². The van der Waals surface area contributed by atoms with Crippen LogP contribution in [0.3, 0.4) is 0 Å². The van der Waals surface area contributed by atoms with Gasteiger partial charge in [0.25, 0.3) is 0 Å². The predicted molar refractivity (Wildman–Crippen MR) is 111 cm³/mol. The summed E-state index contributed by atoms with van der Waals surface area (Å²) < 4.78 is 5.78. The van der Waals surface area contributed by atoms with Crippen LogP contribution in [0.2, 0.25) is 0 Å². The SMILES string of the molecule is CN(C)Cc1ccc(-c2cc3nccnc3c(NCC3CNCCO3)n2)cc1. The molecule has 1 fully saturated rings. The van der Waals surface area contributed by atoms with Crippen LogP contribution >= 0.6 is 0 Å². The molecule has 3 heterocycles. The van der Waals surface area contributed by atoms with Gasteiger partial charge in [-0.25, -0.2) is 9.97 Å². The lowest BCUT2D eigenvalue weighted by Gasteiger charge is -2.24. The van der Waals surface area contributed by atoms with Crippen molar-refractivity contribution in [2.24, 2.45) is 0 Å². The van der Waals surface area contributed by atoms with E-state index in [1.54, 1.807) is 12.4 Å². The largest absolute Gasteiger partial charge is 0.374 e. The van der Waals surface area contributed by atoms with Gasteiger partial charge >= 0.3 is 0 Å². The molecule has 3 aromatic rings. The number of anilines is 1. The molecule has 1 saturated heterocycles. The minimum atomic E-state index is 0.122. The van der Waals surface area contributed by atoms with E-state index >= 15 is 0 Å². The molecule has 2 aromatic heterocycles. The Morgan fingerprint density at radius 2 is 2.00 bits per heavy atom. The molecule has 1 aromatic carbocycles. The van der Waals surface area contributed by atoms with Crippen LogP contribution in [0.5, 0.6) is 0 Å². The summed E-state index contributed by atoms with van der Waals surface area (Å²) >= 11 is 0. The number of rotatable bonds is 6. The van der Waals surface area contributed by atoms with E-state index in [4.69, 9.17) is 9.72 Å². The predicted octanol–water partition coefficient (Wildman–Crippen LogP) is 2.15. The van der Waals surface area contributed by atoms with Gasteiger partial charge in [0.15, 0.2) is 5.82 Å². The molecule has 0 radical (unpaired) electrons. The van der Waals surface area contributed by atoms with E-state index in [0.29, 0.717) is 6.54 Å². The van der Waals surface area contributed by atoms with Crippen molar-refractivity contribution < 1.29 is 4.74 Å².